The zero-order valence-corrected chi connectivity index (χ0v) is 16.4. The molecule has 27 heavy (non-hydrogen) atoms. The van der Waals surface area contributed by atoms with Crippen LogP contribution >= 0.6 is 0 Å². The second-order valence-electron chi connectivity index (χ2n) is 8.47. The molecule has 0 bridgehead atoms. The molecule has 0 atom stereocenters. The van der Waals surface area contributed by atoms with Crippen LogP contribution < -0.4 is 11.5 Å². The van der Waals surface area contributed by atoms with E-state index in [9.17, 15) is 5.11 Å². The van der Waals surface area contributed by atoms with Crippen LogP contribution in [-0.2, 0) is 10.8 Å². The van der Waals surface area contributed by atoms with Crippen molar-refractivity contribution in [3.8, 4) is 17.9 Å². The molecular weight excluding hydrogens is 346 g/mol. The zero-order chi connectivity index (χ0) is 20.1. The van der Waals surface area contributed by atoms with Gasteiger partial charge >= 0.3 is 6.01 Å². The van der Waals surface area contributed by atoms with Crippen LogP contribution in [0.15, 0.2) is 12.1 Å². The first-order valence-electron chi connectivity index (χ1n) is 8.54. The van der Waals surface area contributed by atoms with E-state index < -0.39 is 6.01 Å². The Balaban J connectivity index is 2.12. The fraction of sp³-hybridized carbons (Fsp3) is 0.471. The zero-order valence-electron chi connectivity index (χ0n) is 16.4. The molecule has 3 rings (SSSR count). The Morgan fingerprint density at radius 2 is 1.11 bits per heavy atom. The fourth-order valence-corrected chi connectivity index (χ4v) is 2.38. The van der Waals surface area contributed by atoms with Crippen LogP contribution in [0.25, 0.3) is 11.9 Å². The van der Waals surface area contributed by atoms with Gasteiger partial charge in [-0.05, 0) is 0 Å². The summed E-state index contributed by atoms with van der Waals surface area (Å²) in [4.78, 5) is 12.2. The average Bonchev–Trinajstić information content (AvgIpc) is 3.09. The minimum Gasteiger partial charge on any atom is -0.479 e. The second kappa shape index (κ2) is 5.93. The van der Waals surface area contributed by atoms with Gasteiger partial charge in [0, 0.05) is 23.0 Å². The van der Waals surface area contributed by atoms with Crippen LogP contribution in [0, 0.1) is 0 Å². The molecule has 144 valence electrons. The third kappa shape index (κ3) is 3.55. The van der Waals surface area contributed by atoms with Crippen LogP contribution in [0.2, 0.25) is 0 Å². The van der Waals surface area contributed by atoms with Gasteiger partial charge in [0.15, 0.2) is 0 Å². The molecule has 0 aliphatic rings. The van der Waals surface area contributed by atoms with Crippen molar-refractivity contribution in [2.75, 3.05) is 11.5 Å². The van der Waals surface area contributed by atoms with Gasteiger partial charge in [0.2, 0.25) is 0 Å². The molecule has 3 aromatic rings. The van der Waals surface area contributed by atoms with Gasteiger partial charge in [0.1, 0.15) is 11.6 Å². The van der Waals surface area contributed by atoms with Gasteiger partial charge in [-0.2, -0.15) is 34.5 Å². The van der Waals surface area contributed by atoms with E-state index in [2.05, 4.69) is 25.1 Å². The highest BCUT2D eigenvalue weighted by atomic mass is 16.3. The molecule has 0 aliphatic heterocycles. The average molecular weight is 371 g/mol. The van der Waals surface area contributed by atoms with Crippen LogP contribution in [-0.4, -0.2) is 39.6 Å². The molecule has 0 aromatic carbocycles. The van der Waals surface area contributed by atoms with E-state index >= 15 is 0 Å². The molecule has 3 aromatic heterocycles. The number of hydrogen-bond acceptors (Lipinski definition) is 8. The lowest BCUT2D eigenvalue weighted by atomic mass is 9.92. The highest BCUT2D eigenvalue weighted by molar-refractivity contribution is 5.42. The first kappa shape index (κ1) is 18.6. The van der Waals surface area contributed by atoms with Gasteiger partial charge in [-0.3, -0.25) is 0 Å². The molecule has 10 heteroatoms. The van der Waals surface area contributed by atoms with Crippen molar-refractivity contribution in [3.63, 3.8) is 0 Å². The maximum Gasteiger partial charge on any atom is 0.320 e. The van der Waals surface area contributed by atoms with E-state index in [1.807, 2.05) is 41.5 Å². The van der Waals surface area contributed by atoms with Gasteiger partial charge in [0.25, 0.3) is 11.9 Å². The van der Waals surface area contributed by atoms with Gasteiger partial charge in [-0.25, -0.2) is 0 Å². The minimum absolute atomic E-state index is 0.0812. The number of anilines is 2. The third-order valence-electron chi connectivity index (χ3n) is 3.99. The van der Waals surface area contributed by atoms with Crippen molar-refractivity contribution in [2.24, 2.45) is 0 Å². The quantitative estimate of drug-likeness (QED) is 0.617. The van der Waals surface area contributed by atoms with Crippen molar-refractivity contribution in [1.82, 2.24) is 34.5 Å². The summed E-state index contributed by atoms with van der Waals surface area (Å²) in [6.45, 7) is 12.1. The Bertz CT molecular complexity index is 912. The van der Waals surface area contributed by atoms with E-state index in [-0.39, 0.29) is 22.7 Å². The standard InChI is InChI=1S/C17H25N9O/c1-16(2,3)9-7-11(18)25(23-9)13-20-14(22-15(27)21-13)26-12(19)8-10(24-26)17(4,5)6/h7-8H,18-19H2,1-6H3,(H,20,21,22,27). The number of nitrogens with two attached hydrogens (primary N) is 2. The molecule has 0 aliphatic carbocycles. The topological polar surface area (TPSA) is 147 Å². The molecule has 10 nitrogen and oxygen atoms in total. The maximum absolute atomic E-state index is 10.0. The van der Waals surface area contributed by atoms with Crippen molar-refractivity contribution in [3.05, 3.63) is 23.5 Å². The first-order chi connectivity index (χ1) is 12.4. The predicted octanol–water partition coefficient (Wildman–Crippen LogP) is 1.71. The Labute approximate surface area is 157 Å². The normalized spacial score (nSPS) is 12.5. The SMILES string of the molecule is CC(C)(C)c1cc(N)n(-c2nc(O)nc(-n3nc(C(C)(C)C)cc3N)n2)n1. The number of rotatable bonds is 2. The monoisotopic (exact) mass is 371 g/mol. The second-order valence-corrected chi connectivity index (χ2v) is 8.47. The van der Waals surface area contributed by atoms with Crippen LogP contribution in [0.1, 0.15) is 52.9 Å². The summed E-state index contributed by atoms with van der Waals surface area (Å²) in [5.41, 5.74) is 13.3. The lowest BCUT2D eigenvalue weighted by Gasteiger charge is -2.14. The van der Waals surface area contributed by atoms with Gasteiger partial charge in [-0.15, -0.1) is 0 Å². The molecule has 0 spiro atoms. The van der Waals surface area contributed by atoms with Crippen molar-refractivity contribution < 1.29 is 5.11 Å². The van der Waals surface area contributed by atoms with Gasteiger partial charge < -0.3 is 16.6 Å². The third-order valence-corrected chi connectivity index (χ3v) is 3.99. The van der Waals surface area contributed by atoms with E-state index in [1.54, 1.807) is 12.1 Å². The Morgan fingerprint density at radius 1 is 0.741 bits per heavy atom. The lowest BCUT2D eigenvalue weighted by Crippen LogP contribution is -2.16. The molecular formula is C17H25N9O. The molecule has 0 unspecified atom stereocenters. The summed E-state index contributed by atoms with van der Waals surface area (Å²) in [5, 5.41) is 18.9. The molecule has 3 heterocycles. The Kier molecular flexibility index (Phi) is 4.09. The summed E-state index contributed by atoms with van der Waals surface area (Å²) >= 11 is 0. The Morgan fingerprint density at radius 3 is 1.41 bits per heavy atom. The van der Waals surface area contributed by atoms with E-state index in [0.29, 0.717) is 11.6 Å². The van der Waals surface area contributed by atoms with E-state index in [0.717, 1.165) is 11.4 Å². The van der Waals surface area contributed by atoms with E-state index in [4.69, 9.17) is 11.5 Å². The first-order valence-corrected chi connectivity index (χ1v) is 8.54. The summed E-state index contributed by atoms with van der Waals surface area (Å²) in [5.74, 6) is 0.857. The molecule has 0 saturated carbocycles. The van der Waals surface area contributed by atoms with E-state index in [1.165, 1.54) is 9.36 Å². The minimum atomic E-state index is -0.477. The number of nitrogens with zero attached hydrogens (tertiary/aromatic N) is 7. The number of aromatic nitrogens is 7. The largest absolute Gasteiger partial charge is 0.479 e. The summed E-state index contributed by atoms with van der Waals surface area (Å²) in [6.07, 6.45) is 0. The Hall–Kier alpha value is -3.17. The maximum atomic E-state index is 10.0. The number of nitrogen functional groups attached to an aromatic ring is 2. The van der Waals surface area contributed by atoms with Crippen molar-refractivity contribution in [1.29, 1.82) is 0 Å². The van der Waals surface area contributed by atoms with Crippen LogP contribution in [0.4, 0.5) is 11.6 Å². The fourth-order valence-electron chi connectivity index (χ4n) is 2.38. The summed E-state index contributed by atoms with van der Waals surface area (Å²) < 4.78 is 2.71. The van der Waals surface area contributed by atoms with Gasteiger partial charge in [-0.1, -0.05) is 41.5 Å². The van der Waals surface area contributed by atoms with Crippen LogP contribution in [0.3, 0.4) is 0 Å². The molecule has 0 amide bonds. The van der Waals surface area contributed by atoms with Crippen LogP contribution in [0.5, 0.6) is 6.01 Å². The molecule has 5 N–H and O–H groups in total. The highest BCUT2D eigenvalue weighted by Crippen LogP contribution is 2.26. The van der Waals surface area contributed by atoms with Crippen molar-refractivity contribution in [2.45, 2.75) is 52.4 Å². The highest BCUT2D eigenvalue weighted by Gasteiger charge is 2.23. The lowest BCUT2D eigenvalue weighted by molar-refractivity contribution is 0.423. The van der Waals surface area contributed by atoms with Crippen molar-refractivity contribution >= 4 is 11.6 Å². The summed E-state index contributed by atoms with van der Waals surface area (Å²) in [6, 6.07) is 3.02. The molecule has 0 radical (unpaired) electrons. The predicted molar refractivity (Wildman–Crippen MR) is 102 cm³/mol. The molecule has 0 saturated heterocycles. The summed E-state index contributed by atoms with van der Waals surface area (Å²) in [7, 11) is 0. The smallest absolute Gasteiger partial charge is 0.320 e. The molecule has 0 fully saturated rings. The van der Waals surface area contributed by atoms with Gasteiger partial charge in [0.05, 0.1) is 11.4 Å². The number of aromatic hydroxyl groups is 1. The number of hydrogen-bond donors (Lipinski definition) is 3.